The lowest BCUT2D eigenvalue weighted by atomic mass is 9.60. The molecule has 0 aromatic carbocycles. The van der Waals surface area contributed by atoms with Crippen molar-refractivity contribution in [3.8, 4) is 6.07 Å². The Morgan fingerprint density at radius 2 is 1.55 bits per heavy atom. The van der Waals surface area contributed by atoms with Crippen molar-refractivity contribution in [3.05, 3.63) is 0 Å². The average Bonchev–Trinajstić information content (AvgIpc) is 3.30. The Kier molecular flexibility index (Phi) is 8.12. The molecule has 0 aromatic rings. The smallest absolute Gasteiger partial charge is 0.0686 e. The quantitative estimate of drug-likeness (QED) is 0.521. The lowest BCUT2D eigenvalue weighted by molar-refractivity contribution is 0.0241. The number of fused-ring (bicyclic) bond motifs is 3. The van der Waals surface area contributed by atoms with E-state index in [0.717, 1.165) is 42.2 Å². The molecular formula is C31H55N7. The first kappa shape index (κ1) is 27.4. The molecule has 3 N–H and O–H groups in total. The molecule has 7 heteroatoms. The van der Waals surface area contributed by atoms with Crippen LogP contribution >= 0.6 is 0 Å². The van der Waals surface area contributed by atoms with Gasteiger partial charge in [-0.1, -0.05) is 0 Å². The van der Waals surface area contributed by atoms with E-state index < -0.39 is 0 Å². The third-order valence-electron chi connectivity index (χ3n) is 12.4. The highest BCUT2D eigenvalue weighted by atomic mass is 15.6. The Balaban J connectivity index is 1.12. The van der Waals surface area contributed by atoms with Crippen LogP contribution in [0.5, 0.6) is 0 Å². The molecule has 0 spiro atoms. The predicted molar refractivity (Wildman–Crippen MR) is 153 cm³/mol. The van der Waals surface area contributed by atoms with Gasteiger partial charge in [0.05, 0.1) is 11.5 Å². The van der Waals surface area contributed by atoms with Crippen molar-refractivity contribution in [1.82, 2.24) is 30.9 Å². The number of nitrogens with zero attached hydrogens (tertiary/aromatic N) is 4. The highest BCUT2D eigenvalue weighted by Crippen LogP contribution is 2.49. The SMILES string of the molecule is CN1CCN(C2CNCC(C3CCC4NCC5C(C4C3)C(C3CCC(C(C)(C)C#N)CC3)NN5C)C2)CC1. The van der Waals surface area contributed by atoms with Crippen LogP contribution in [0.25, 0.3) is 0 Å². The maximum absolute atomic E-state index is 9.69. The number of piperazine rings is 1. The molecule has 0 aromatic heterocycles. The van der Waals surface area contributed by atoms with Crippen LogP contribution in [0, 0.1) is 52.3 Å². The van der Waals surface area contributed by atoms with E-state index in [2.05, 4.69) is 64.9 Å². The molecule has 214 valence electrons. The fourth-order valence-corrected chi connectivity index (χ4v) is 9.84. The van der Waals surface area contributed by atoms with Crippen molar-refractivity contribution in [1.29, 1.82) is 5.26 Å². The van der Waals surface area contributed by atoms with Crippen LogP contribution in [-0.2, 0) is 0 Å². The molecule has 0 amide bonds. The van der Waals surface area contributed by atoms with Gasteiger partial charge in [-0.05, 0) is 114 Å². The van der Waals surface area contributed by atoms with Crippen LogP contribution in [-0.4, -0.2) is 98.9 Å². The summed E-state index contributed by atoms with van der Waals surface area (Å²) in [7, 11) is 4.57. The fourth-order valence-electron chi connectivity index (χ4n) is 9.84. The summed E-state index contributed by atoms with van der Waals surface area (Å²) in [6.07, 6.45) is 10.6. The zero-order chi connectivity index (χ0) is 26.4. The van der Waals surface area contributed by atoms with Gasteiger partial charge in [0.15, 0.2) is 0 Å². The zero-order valence-corrected chi connectivity index (χ0v) is 24.7. The summed E-state index contributed by atoms with van der Waals surface area (Å²) in [5.41, 5.74) is 3.84. The van der Waals surface area contributed by atoms with E-state index in [-0.39, 0.29) is 5.41 Å². The van der Waals surface area contributed by atoms with E-state index in [9.17, 15) is 5.26 Å². The molecule has 6 aliphatic rings. The van der Waals surface area contributed by atoms with E-state index in [1.165, 1.54) is 90.6 Å². The minimum atomic E-state index is -0.181. The van der Waals surface area contributed by atoms with Crippen LogP contribution in [0.2, 0.25) is 0 Å². The Morgan fingerprint density at radius 1 is 0.816 bits per heavy atom. The predicted octanol–water partition coefficient (Wildman–Crippen LogP) is 2.76. The van der Waals surface area contributed by atoms with Gasteiger partial charge in [-0.25, -0.2) is 5.01 Å². The van der Waals surface area contributed by atoms with E-state index >= 15 is 0 Å². The van der Waals surface area contributed by atoms with Crippen LogP contribution in [0.3, 0.4) is 0 Å². The third kappa shape index (κ3) is 5.31. The Bertz CT molecular complexity index is 840. The topological polar surface area (TPSA) is 69.6 Å². The Morgan fingerprint density at radius 3 is 2.29 bits per heavy atom. The monoisotopic (exact) mass is 525 g/mol. The Labute approximate surface area is 232 Å². The summed E-state index contributed by atoms with van der Waals surface area (Å²) in [6.45, 7) is 12.8. The number of hydrogen-bond donors (Lipinski definition) is 3. The standard InChI is InChI=1S/C31H55N7/c1-31(2,20-32)24-8-5-21(6-9-24)30-29-26-16-22(7-10-27(26)34-19-28(29)37(4)35-30)23-15-25(18-33-17-23)38-13-11-36(3)12-14-38/h21-30,33-35H,5-19H2,1-4H3. The average molecular weight is 526 g/mol. The first-order chi connectivity index (χ1) is 18.3. The molecule has 7 nitrogen and oxygen atoms in total. The maximum Gasteiger partial charge on any atom is 0.0686 e. The third-order valence-corrected chi connectivity index (χ3v) is 12.4. The first-order valence-electron chi connectivity index (χ1n) is 16.1. The first-order valence-corrected chi connectivity index (χ1v) is 16.1. The highest BCUT2D eigenvalue weighted by molar-refractivity contribution is 5.08. The van der Waals surface area contributed by atoms with Crippen molar-refractivity contribution in [2.24, 2.45) is 40.9 Å². The largest absolute Gasteiger partial charge is 0.315 e. The van der Waals surface area contributed by atoms with E-state index in [4.69, 9.17) is 0 Å². The molecular weight excluding hydrogens is 470 g/mol. The van der Waals surface area contributed by atoms with Gasteiger partial charge in [0, 0.05) is 70.5 Å². The van der Waals surface area contributed by atoms with Crippen molar-refractivity contribution >= 4 is 0 Å². The zero-order valence-electron chi connectivity index (χ0n) is 24.7. The molecule has 6 fully saturated rings. The van der Waals surface area contributed by atoms with E-state index in [0.29, 0.717) is 24.0 Å². The minimum Gasteiger partial charge on any atom is -0.315 e. The molecule has 2 saturated carbocycles. The van der Waals surface area contributed by atoms with Crippen LogP contribution in [0.4, 0.5) is 0 Å². The van der Waals surface area contributed by atoms with Crippen molar-refractivity contribution < 1.29 is 0 Å². The molecule has 0 radical (unpaired) electrons. The van der Waals surface area contributed by atoms with Gasteiger partial charge in [0.1, 0.15) is 0 Å². The number of hydrogen-bond acceptors (Lipinski definition) is 7. The second-order valence-corrected chi connectivity index (χ2v) is 14.8. The van der Waals surface area contributed by atoms with Gasteiger partial charge in [-0.3, -0.25) is 10.3 Å². The Hall–Kier alpha value is -0.750. The minimum absolute atomic E-state index is 0.181. The van der Waals surface area contributed by atoms with Gasteiger partial charge >= 0.3 is 0 Å². The van der Waals surface area contributed by atoms with Crippen LogP contribution in [0.15, 0.2) is 0 Å². The molecule has 4 heterocycles. The molecule has 4 saturated heterocycles. The molecule has 38 heavy (non-hydrogen) atoms. The summed E-state index contributed by atoms with van der Waals surface area (Å²) in [4.78, 5) is 5.27. The second kappa shape index (κ2) is 11.3. The van der Waals surface area contributed by atoms with Gasteiger partial charge in [0.25, 0.3) is 0 Å². The molecule has 8 unspecified atom stereocenters. The molecule has 2 aliphatic carbocycles. The van der Waals surface area contributed by atoms with Crippen molar-refractivity contribution in [3.63, 3.8) is 0 Å². The number of piperidine rings is 2. The van der Waals surface area contributed by atoms with Crippen LogP contribution < -0.4 is 16.1 Å². The van der Waals surface area contributed by atoms with Gasteiger partial charge < -0.3 is 15.5 Å². The summed E-state index contributed by atoms with van der Waals surface area (Å²) >= 11 is 0. The lowest BCUT2D eigenvalue weighted by Crippen LogP contribution is -2.60. The summed E-state index contributed by atoms with van der Waals surface area (Å²) in [5, 5.41) is 20.1. The maximum atomic E-state index is 9.69. The number of hydrazine groups is 1. The molecule has 6 rings (SSSR count). The number of likely N-dealkylation sites (N-methyl/N-ethyl adjacent to an activating group) is 2. The van der Waals surface area contributed by atoms with Gasteiger partial charge in [-0.2, -0.15) is 5.26 Å². The van der Waals surface area contributed by atoms with Crippen molar-refractivity contribution in [2.45, 2.75) is 89.4 Å². The highest BCUT2D eigenvalue weighted by Gasteiger charge is 2.54. The molecule has 8 atom stereocenters. The van der Waals surface area contributed by atoms with Crippen LogP contribution in [0.1, 0.15) is 65.2 Å². The lowest BCUT2D eigenvalue weighted by Gasteiger charge is -2.51. The normalized spacial score (nSPS) is 45.8. The molecule has 0 bridgehead atoms. The number of nitriles is 1. The summed E-state index contributed by atoms with van der Waals surface area (Å²) in [6, 6.07) is 5.29. The van der Waals surface area contributed by atoms with Crippen molar-refractivity contribution in [2.75, 3.05) is 59.9 Å². The number of nitrogens with one attached hydrogen (secondary N) is 3. The van der Waals surface area contributed by atoms with Gasteiger partial charge in [-0.15, -0.1) is 0 Å². The summed E-state index contributed by atoms with van der Waals surface area (Å²) in [5.74, 6) is 4.60. The van der Waals surface area contributed by atoms with Gasteiger partial charge in [0.2, 0.25) is 0 Å². The molecule has 4 aliphatic heterocycles. The second-order valence-electron chi connectivity index (χ2n) is 14.8. The van der Waals surface area contributed by atoms with E-state index in [1.807, 2.05) is 0 Å². The summed E-state index contributed by atoms with van der Waals surface area (Å²) < 4.78 is 0. The fraction of sp³-hybridized carbons (Fsp3) is 0.968. The number of rotatable bonds is 4. The van der Waals surface area contributed by atoms with E-state index in [1.54, 1.807) is 0 Å².